The fraction of sp³-hybridized carbons (Fsp3) is 0.214. The van der Waals surface area contributed by atoms with E-state index >= 15 is 0 Å². The third kappa shape index (κ3) is 9.14. The lowest BCUT2D eigenvalue weighted by Gasteiger charge is -2.21. The predicted molar refractivity (Wildman–Crippen MR) is 156 cm³/mol. The van der Waals surface area contributed by atoms with Gasteiger partial charge in [0, 0.05) is 17.8 Å². The number of para-hydroxylation sites is 1. The van der Waals surface area contributed by atoms with Gasteiger partial charge in [-0.15, -0.1) is 11.3 Å². The number of hydrogen-bond donors (Lipinski definition) is 4. The highest BCUT2D eigenvalue weighted by Gasteiger charge is 2.20. The third-order valence-corrected chi connectivity index (χ3v) is 6.22. The third-order valence-electron chi connectivity index (χ3n) is 4.99. The fourth-order valence-corrected chi connectivity index (χ4v) is 4.24. The quantitative estimate of drug-likeness (QED) is 0.208. The first-order chi connectivity index (χ1) is 18.9. The van der Waals surface area contributed by atoms with Crippen LogP contribution in [0.1, 0.15) is 46.4 Å². The van der Waals surface area contributed by atoms with Crippen LogP contribution >= 0.6 is 22.9 Å². The van der Waals surface area contributed by atoms with Crippen LogP contribution in [0, 0.1) is 0 Å². The van der Waals surface area contributed by atoms with Crippen molar-refractivity contribution in [3.63, 3.8) is 0 Å². The smallest absolute Gasteiger partial charge is 0.412 e. The van der Waals surface area contributed by atoms with Crippen LogP contribution in [-0.4, -0.2) is 36.2 Å². The summed E-state index contributed by atoms with van der Waals surface area (Å²) in [7, 11) is 0. The Labute approximate surface area is 240 Å². The summed E-state index contributed by atoms with van der Waals surface area (Å²) in [6, 6.07) is 14.6. The molecular formula is C28H29ClN4O6S. The lowest BCUT2D eigenvalue weighted by atomic mass is 10.1. The van der Waals surface area contributed by atoms with Crippen LogP contribution in [0.5, 0.6) is 0 Å². The Balaban J connectivity index is 1.78. The van der Waals surface area contributed by atoms with E-state index in [9.17, 15) is 19.2 Å². The summed E-state index contributed by atoms with van der Waals surface area (Å²) in [5, 5.41) is 10.7. The summed E-state index contributed by atoms with van der Waals surface area (Å²) in [5.41, 5.74) is 0.889. The second-order valence-corrected chi connectivity index (χ2v) is 11.0. The van der Waals surface area contributed by atoms with Crippen LogP contribution in [0.15, 0.2) is 67.3 Å². The van der Waals surface area contributed by atoms with Gasteiger partial charge in [-0.3, -0.25) is 20.2 Å². The van der Waals surface area contributed by atoms with Crippen molar-refractivity contribution in [1.82, 2.24) is 5.32 Å². The maximum atomic E-state index is 13.2. The first-order valence-electron chi connectivity index (χ1n) is 12.1. The standard InChI is InChI=1S/C28H29ClN4O6S/c1-5-14-38-26(36)33-21-15-17(10-11-20(21)32-27(37)39-28(2,3)4)24(34)31-19-9-7-6-8-18(19)16-30-25(35)22-12-13-23(29)40-22/h5-13,15H,1,14,16H2,2-4H3,(H,30,35)(H,31,34)(H,32,37)(H,33,36). The van der Waals surface area contributed by atoms with Crippen molar-refractivity contribution in [1.29, 1.82) is 0 Å². The van der Waals surface area contributed by atoms with E-state index in [1.165, 1.54) is 35.6 Å². The Morgan fingerprint density at radius 3 is 2.30 bits per heavy atom. The van der Waals surface area contributed by atoms with Gasteiger partial charge < -0.3 is 20.1 Å². The lowest BCUT2D eigenvalue weighted by molar-refractivity contribution is 0.0635. The molecule has 12 heteroatoms. The van der Waals surface area contributed by atoms with Crippen molar-refractivity contribution >= 4 is 64.0 Å². The molecule has 2 aromatic carbocycles. The van der Waals surface area contributed by atoms with E-state index in [4.69, 9.17) is 21.1 Å². The average molecular weight is 585 g/mol. The van der Waals surface area contributed by atoms with Crippen LogP contribution < -0.4 is 21.3 Å². The molecule has 4 amide bonds. The first-order valence-corrected chi connectivity index (χ1v) is 13.3. The van der Waals surface area contributed by atoms with Gasteiger partial charge in [-0.2, -0.15) is 0 Å². The summed E-state index contributed by atoms with van der Waals surface area (Å²) in [6.07, 6.45) is -0.149. The number of nitrogens with one attached hydrogen (secondary N) is 4. The van der Waals surface area contributed by atoms with E-state index in [1.54, 1.807) is 57.2 Å². The molecule has 0 spiro atoms. The zero-order valence-electron chi connectivity index (χ0n) is 22.1. The summed E-state index contributed by atoms with van der Waals surface area (Å²) in [4.78, 5) is 50.6. The van der Waals surface area contributed by atoms with Gasteiger partial charge in [0.05, 0.1) is 20.6 Å². The van der Waals surface area contributed by atoms with Crippen molar-refractivity contribution in [3.8, 4) is 0 Å². The van der Waals surface area contributed by atoms with Gasteiger partial charge in [-0.25, -0.2) is 9.59 Å². The molecule has 0 fully saturated rings. The maximum absolute atomic E-state index is 13.2. The molecule has 210 valence electrons. The molecule has 0 radical (unpaired) electrons. The topological polar surface area (TPSA) is 135 Å². The van der Waals surface area contributed by atoms with Crippen LogP contribution in [0.3, 0.4) is 0 Å². The molecule has 0 atom stereocenters. The predicted octanol–water partition coefficient (Wildman–Crippen LogP) is 6.67. The maximum Gasteiger partial charge on any atom is 0.412 e. The Hall–Kier alpha value is -4.35. The van der Waals surface area contributed by atoms with E-state index in [0.717, 1.165) is 0 Å². The van der Waals surface area contributed by atoms with Gasteiger partial charge in [0.25, 0.3) is 11.8 Å². The highest BCUT2D eigenvalue weighted by Crippen LogP contribution is 2.26. The molecule has 3 aromatic rings. The highest BCUT2D eigenvalue weighted by atomic mass is 35.5. The highest BCUT2D eigenvalue weighted by molar-refractivity contribution is 7.18. The lowest BCUT2D eigenvalue weighted by Crippen LogP contribution is -2.27. The van der Waals surface area contributed by atoms with E-state index in [-0.39, 0.29) is 36.0 Å². The monoisotopic (exact) mass is 584 g/mol. The summed E-state index contributed by atoms with van der Waals surface area (Å²) >= 11 is 7.08. The van der Waals surface area contributed by atoms with Crippen molar-refractivity contribution in [2.24, 2.45) is 0 Å². The second-order valence-electron chi connectivity index (χ2n) is 9.30. The van der Waals surface area contributed by atoms with Gasteiger partial charge in [0.15, 0.2) is 0 Å². The molecule has 40 heavy (non-hydrogen) atoms. The number of carbonyl (C=O) groups excluding carboxylic acids is 4. The van der Waals surface area contributed by atoms with Gasteiger partial charge in [0.1, 0.15) is 12.2 Å². The van der Waals surface area contributed by atoms with Gasteiger partial charge in [-0.1, -0.05) is 42.5 Å². The Morgan fingerprint density at radius 1 is 0.900 bits per heavy atom. The van der Waals surface area contributed by atoms with E-state index in [1.807, 2.05) is 0 Å². The molecule has 0 saturated carbocycles. The minimum atomic E-state index is -0.808. The molecular weight excluding hydrogens is 556 g/mol. The average Bonchev–Trinajstić information content (AvgIpc) is 3.33. The molecule has 1 heterocycles. The molecule has 0 aliphatic heterocycles. The van der Waals surface area contributed by atoms with Gasteiger partial charge in [0.2, 0.25) is 0 Å². The normalized spacial score (nSPS) is 10.7. The zero-order valence-corrected chi connectivity index (χ0v) is 23.7. The molecule has 0 unspecified atom stereocenters. The molecule has 0 aliphatic rings. The molecule has 0 aliphatic carbocycles. The van der Waals surface area contributed by atoms with Crippen molar-refractivity contribution in [2.75, 3.05) is 22.6 Å². The number of carbonyl (C=O) groups is 4. The second kappa shape index (κ2) is 13.6. The van der Waals surface area contributed by atoms with E-state index in [2.05, 4.69) is 27.8 Å². The number of hydrogen-bond acceptors (Lipinski definition) is 7. The fourth-order valence-electron chi connectivity index (χ4n) is 3.28. The van der Waals surface area contributed by atoms with Crippen LogP contribution in [-0.2, 0) is 16.0 Å². The number of rotatable bonds is 9. The molecule has 0 saturated heterocycles. The Bertz CT molecular complexity index is 1420. The molecule has 1 aromatic heterocycles. The van der Waals surface area contributed by atoms with Crippen molar-refractivity contribution < 1.29 is 28.7 Å². The van der Waals surface area contributed by atoms with Gasteiger partial charge >= 0.3 is 12.2 Å². The number of amides is 4. The van der Waals surface area contributed by atoms with E-state index in [0.29, 0.717) is 20.5 Å². The summed E-state index contributed by atoms with van der Waals surface area (Å²) in [6.45, 7) is 8.76. The molecule has 0 bridgehead atoms. The SMILES string of the molecule is C=CCOC(=O)Nc1cc(C(=O)Nc2ccccc2CNC(=O)c2ccc(Cl)s2)ccc1NC(=O)OC(C)(C)C. The van der Waals surface area contributed by atoms with Crippen molar-refractivity contribution in [3.05, 3.63) is 87.6 Å². The Kier molecular flexibility index (Phi) is 10.3. The zero-order chi connectivity index (χ0) is 29.3. The van der Waals surface area contributed by atoms with Crippen LogP contribution in [0.2, 0.25) is 4.34 Å². The minimum Gasteiger partial charge on any atom is -0.445 e. The van der Waals surface area contributed by atoms with Crippen molar-refractivity contribution in [2.45, 2.75) is 32.9 Å². The Morgan fingerprint density at radius 2 is 1.62 bits per heavy atom. The molecule has 10 nitrogen and oxygen atoms in total. The summed E-state index contributed by atoms with van der Waals surface area (Å²) in [5.74, 6) is -0.777. The number of benzene rings is 2. The molecule has 3 rings (SSSR count). The number of thiophene rings is 1. The van der Waals surface area contributed by atoms with Crippen LogP contribution in [0.4, 0.5) is 26.7 Å². The molecule has 4 N–H and O–H groups in total. The number of halogens is 1. The van der Waals surface area contributed by atoms with Gasteiger partial charge in [-0.05, 0) is 62.7 Å². The summed E-state index contributed by atoms with van der Waals surface area (Å²) < 4.78 is 10.8. The number of ether oxygens (including phenoxy) is 2. The number of anilines is 3. The van der Waals surface area contributed by atoms with E-state index < -0.39 is 23.7 Å². The largest absolute Gasteiger partial charge is 0.445 e. The van der Waals surface area contributed by atoms with Crippen LogP contribution in [0.25, 0.3) is 0 Å². The minimum absolute atomic E-state index is 0.0340. The first kappa shape index (κ1) is 30.2.